The maximum absolute atomic E-state index is 12.3. The van der Waals surface area contributed by atoms with E-state index < -0.39 is 55.1 Å². The number of aliphatic hydroxyl groups excluding tert-OH is 2. The van der Waals surface area contributed by atoms with E-state index in [1.165, 1.54) is 6.33 Å². The third kappa shape index (κ3) is 6.17. The van der Waals surface area contributed by atoms with Crippen LogP contribution in [-0.2, 0) is 35.1 Å². The van der Waals surface area contributed by atoms with E-state index in [0.717, 1.165) is 24.9 Å². The predicted molar refractivity (Wildman–Crippen MR) is 120 cm³/mol. The third-order valence-electron chi connectivity index (χ3n) is 4.88. The number of aromatic nitrogens is 2. The maximum atomic E-state index is 12.3. The van der Waals surface area contributed by atoms with E-state index in [0.29, 0.717) is 0 Å². The molecule has 34 heavy (non-hydrogen) atoms. The summed E-state index contributed by atoms with van der Waals surface area (Å²) in [4.78, 5) is 39.7. The Morgan fingerprint density at radius 1 is 1.15 bits per heavy atom. The molecule has 1 saturated heterocycles. The summed E-state index contributed by atoms with van der Waals surface area (Å²) in [5.41, 5.74) is 6.44. The second-order valence-corrected chi connectivity index (χ2v) is 7.83. The molecule has 0 spiro atoms. The van der Waals surface area contributed by atoms with E-state index in [-0.39, 0.29) is 11.7 Å². The summed E-state index contributed by atoms with van der Waals surface area (Å²) in [6.45, 7) is 1.59. The van der Waals surface area contributed by atoms with E-state index in [2.05, 4.69) is 21.2 Å². The van der Waals surface area contributed by atoms with Crippen LogP contribution in [-0.4, -0.2) is 80.0 Å². The van der Waals surface area contributed by atoms with Gasteiger partial charge in [0.25, 0.3) is 5.91 Å². The fraction of sp³-hybridized carbons (Fsp3) is 0.450. The van der Waals surface area contributed by atoms with Gasteiger partial charge in [0, 0.05) is 13.8 Å². The molecule has 184 valence electrons. The van der Waals surface area contributed by atoms with Gasteiger partial charge in [0.15, 0.2) is 23.5 Å². The lowest BCUT2D eigenvalue weighted by Gasteiger charge is -2.43. The zero-order chi connectivity index (χ0) is 24.8. The molecule has 1 amide bonds. The monoisotopic (exact) mass is 495 g/mol. The van der Waals surface area contributed by atoms with Crippen molar-refractivity contribution in [2.75, 3.05) is 6.61 Å². The van der Waals surface area contributed by atoms with E-state index in [9.17, 15) is 24.6 Å². The van der Waals surface area contributed by atoms with Gasteiger partial charge >= 0.3 is 11.9 Å². The van der Waals surface area contributed by atoms with Crippen molar-refractivity contribution in [3.05, 3.63) is 30.6 Å². The molecule has 5 N–H and O–H groups in total. The average Bonchev–Trinajstić information content (AvgIpc) is 3.19. The van der Waals surface area contributed by atoms with E-state index in [1.54, 1.807) is 4.57 Å². The van der Waals surface area contributed by atoms with Crippen LogP contribution in [0.15, 0.2) is 30.6 Å². The van der Waals surface area contributed by atoms with Crippen LogP contribution in [0.3, 0.4) is 0 Å². The summed E-state index contributed by atoms with van der Waals surface area (Å²) < 4.78 is 17.5. The van der Waals surface area contributed by atoms with Crippen molar-refractivity contribution in [1.29, 1.82) is 0 Å². The Hall–Kier alpha value is -3.33. The van der Waals surface area contributed by atoms with Crippen LogP contribution in [0, 0.1) is 0 Å². The summed E-state index contributed by atoms with van der Waals surface area (Å²) in [6.07, 6.45) is -4.95. The average molecular weight is 496 g/mol. The van der Waals surface area contributed by atoms with Gasteiger partial charge in [-0.25, -0.2) is 4.98 Å². The molecule has 1 aromatic heterocycles. The number of nitrogens with one attached hydrogen (secondary N) is 3. The number of aliphatic hydroxyl groups is 2. The summed E-state index contributed by atoms with van der Waals surface area (Å²) in [6, 6.07) is 7.33. The molecule has 0 saturated carbocycles. The number of fused-ring (bicyclic) bond motifs is 1. The van der Waals surface area contributed by atoms with Crippen molar-refractivity contribution in [2.24, 2.45) is 0 Å². The van der Waals surface area contributed by atoms with Crippen molar-refractivity contribution >= 4 is 46.2 Å². The van der Waals surface area contributed by atoms with Gasteiger partial charge in [-0.05, 0) is 24.4 Å². The van der Waals surface area contributed by atoms with Crippen LogP contribution in [0.25, 0.3) is 11.0 Å². The van der Waals surface area contributed by atoms with Gasteiger partial charge in [-0.15, -0.1) is 0 Å². The Morgan fingerprint density at radius 2 is 1.82 bits per heavy atom. The summed E-state index contributed by atoms with van der Waals surface area (Å²) in [5, 5.41) is 22.5. The normalized spacial score (nSPS) is 24.2. The number of hydrazine groups is 1. The Bertz CT molecular complexity index is 1060. The molecule has 1 fully saturated rings. The molecule has 1 aliphatic rings. The Morgan fingerprint density at radius 3 is 2.50 bits per heavy atom. The predicted octanol–water partition coefficient (Wildman–Crippen LogP) is -1.53. The van der Waals surface area contributed by atoms with E-state index >= 15 is 0 Å². The number of nitrogens with zero attached hydrogens (tertiary/aromatic N) is 2. The highest BCUT2D eigenvalue weighted by atomic mass is 32.1. The van der Waals surface area contributed by atoms with E-state index in [4.69, 9.17) is 26.4 Å². The number of rotatable bonds is 6. The minimum Gasteiger partial charge on any atom is -0.456 e. The van der Waals surface area contributed by atoms with Crippen LogP contribution in [0.2, 0.25) is 0 Å². The third-order valence-corrected chi connectivity index (χ3v) is 5.10. The highest BCUT2D eigenvalue weighted by Gasteiger charge is 2.49. The molecule has 5 atom stereocenters. The number of carbonyl (C=O) groups is 3. The second-order valence-electron chi connectivity index (χ2n) is 7.42. The zero-order valence-electron chi connectivity index (χ0n) is 18.3. The van der Waals surface area contributed by atoms with Gasteiger partial charge in [0.2, 0.25) is 0 Å². The molecular formula is C20H25N5O8S. The molecule has 0 radical (unpaired) electrons. The first kappa shape index (κ1) is 25.3. The lowest BCUT2D eigenvalue weighted by atomic mass is 9.97. The standard InChI is InChI=1S/C20H25N5O8S/c1-10(27)31-17-16(30)14(8-26)33-19(18(17)32-11(2)28)22-20(34)24-23-15(29)7-25-9-21-12-5-3-4-6-13(12)25/h3-6,9,14,16-19,26,30H,7-8H2,1-2H3,(H,23,29)(H2,22,24,34)/t14-,16+,17+,18-,19-/m1/s1. The number of benzene rings is 1. The quantitative estimate of drug-likeness (QED) is 0.178. The molecule has 0 bridgehead atoms. The van der Waals surface area contributed by atoms with E-state index in [1.807, 2.05) is 24.3 Å². The molecule has 0 aliphatic carbocycles. The van der Waals surface area contributed by atoms with Crippen molar-refractivity contribution in [3.8, 4) is 0 Å². The number of carbonyl (C=O) groups excluding carboxylic acids is 3. The molecule has 2 heterocycles. The van der Waals surface area contributed by atoms with Crippen molar-refractivity contribution in [3.63, 3.8) is 0 Å². The molecule has 3 rings (SSSR count). The van der Waals surface area contributed by atoms with Gasteiger partial charge in [-0.3, -0.25) is 25.2 Å². The Kier molecular flexibility index (Phi) is 8.33. The number of ether oxygens (including phenoxy) is 3. The second kappa shape index (κ2) is 11.2. The van der Waals surface area contributed by atoms with Crippen molar-refractivity contribution < 1.29 is 38.8 Å². The molecule has 1 aliphatic heterocycles. The maximum Gasteiger partial charge on any atom is 0.303 e. The first-order chi connectivity index (χ1) is 16.2. The fourth-order valence-electron chi connectivity index (χ4n) is 3.46. The van der Waals surface area contributed by atoms with Gasteiger partial charge < -0.3 is 34.3 Å². The van der Waals surface area contributed by atoms with Gasteiger partial charge in [-0.2, -0.15) is 0 Å². The van der Waals surface area contributed by atoms with Crippen LogP contribution in [0.4, 0.5) is 0 Å². The fourth-order valence-corrected chi connectivity index (χ4v) is 3.63. The minimum absolute atomic E-state index is 0.0422. The smallest absolute Gasteiger partial charge is 0.303 e. The molecule has 1 aromatic carbocycles. The number of para-hydroxylation sites is 2. The summed E-state index contributed by atoms with van der Waals surface area (Å²) >= 11 is 5.17. The van der Waals surface area contributed by atoms with Crippen LogP contribution in [0.5, 0.6) is 0 Å². The lowest BCUT2D eigenvalue weighted by Crippen LogP contribution is -2.66. The van der Waals surface area contributed by atoms with Crippen LogP contribution < -0.4 is 16.2 Å². The molecule has 13 nitrogen and oxygen atoms in total. The highest BCUT2D eigenvalue weighted by molar-refractivity contribution is 7.80. The highest BCUT2D eigenvalue weighted by Crippen LogP contribution is 2.25. The Labute approximate surface area is 199 Å². The number of hydrogen-bond acceptors (Lipinski definition) is 10. The van der Waals surface area contributed by atoms with Gasteiger partial charge in [0.1, 0.15) is 18.8 Å². The molecule has 14 heteroatoms. The number of amides is 1. The van der Waals surface area contributed by atoms with Crippen LogP contribution in [0.1, 0.15) is 13.8 Å². The lowest BCUT2D eigenvalue weighted by molar-refractivity contribution is -0.248. The number of thiocarbonyl (C=S) groups is 1. The number of imidazole rings is 1. The van der Waals surface area contributed by atoms with Gasteiger partial charge in [0.05, 0.1) is 24.0 Å². The van der Waals surface area contributed by atoms with Crippen molar-refractivity contribution in [2.45, 2.75) is 51.0 Å². The summed E-state index contributed by atoms with van der Waals surface area (Å²) in [5.74, 6) is -1.90. The largest absolute Gasteiger partial charge is 0.456 e. The van der Waals surface area contributed by atoms with Crippen LogP contribution >= 0.6 is 12.2 Å². The SMILES string of the molecule is CC(=O)O[C@@H]1[C@@H](OC(C)=O)[C@@H](O)[C@@H](CO)O[C@H]1NC(=S)NNC(=O)Cn1cnc2ccccc21. The topological polar surface area (TPSA) is 173 Å². The Balaban J connectivity index is 1.62. The molecule has 0 unspecified atom stereocenters. The molecule has 2 aromatic rings. The number of esters is 2. The molecular weight excluding hydrogens is 470 g/mol. The van der Waals surface area contributed by atoms with Gasteiger partial charge in [-0.1, -0.05) is 12.1 Å². The summed E-state index contributed by atoms with van der Waals surface area (Å²) in [7, 11) is 0. The number of hydrogen-bond donors (Lipinski definition) is 5. The van der Waals surface area contributed by atoms with Crippen molar-refractivity contribution in [1.82, 2.24) is 25.7 Å². The first-order valence-electron chi connectivity index (χ1n) is 10.2. The zero-order valence-corrected chi connectivity index (χ0v) is 19.2. The first-order valence-corrected chi connectivity index (χ1v) is 10.6. The minimum atomic E-state index is -1.47.